The van der Waals surface area contributed by atoms with Gasteiger partial charge in [0.1, 0.15) is 5.69 Å². The van der Waals surface area contributed by atoms with Crippen molar-refractivity contribution in [1.82, 2.24) is 15.2 Å². The van der Waals surface area contributed by atoms with Crippen molar-refractivity contribution in [3.63, 3.8) is 0 Å². The summed E-state index contributed by atoms with van der Waals surface area (Å²) >= 11 is 0. The van der Waals surface area contributed by atoms with E-state index in [2.05, 4.69) is 15.2 Å². The second-order valence-corrected chi connectivity index (χ2v) is 7.42. The van der Waals surface area contributed by atoms with E-state index in [0.717, 1.165) is 38.5 Å². The summed E-state index contributed by atoms with van der Waals surface area (Å²) < 4.78 is 79.7. The van der Waals surface area contributed by atoms with Gasteiger partial charge in [-0.15, -0.1) is 0 Å². The molecular formula is C20H23F6N3O. The van der Waals surface area contributed by atoms with Crippen molar-refractivity contribution in [3.05, 3.63) is 41.1 Å². The zero-order valence-corrected chi connectivity index (χ0v) is 16.2. The number of pyridine rings is 1. The Labute approximate surface area is 169 Å². The molecular weight excluding hydrogens is 412 g/mol. The predicted molar refractivity (Wildman–Crippen MR) is 99.9 cm³/mol. The molecule has 1 saturated heterocycles. The molecule has 2 heterocycles. The second kappa shape index (κ2) is 9.07. The number of aliphatic hydroxyl groups is 1. The van der Waals surface area contributed by atoms with Crippen molar-refractivity contribution in [2.24, 2.45) is 0 Å². The lowest BCUT2D eigenvalue weighted by Crippen LogP contribution is -2.36. The number of fused-ring (bicyclic) bond motifs is 1. The summed E-state index contributed by atoms with van der Waals surface area (Å²) in [7, 11) is 0. The maximum absolute atomic E-state index is 13.3. The van der Waals surface area contributed by atoms with Crippen molar-refractivity contribution in [1.29, 1.82) is 0 Å². The summed E-state index contributed by atoms with van der Waals surface area (Å²) in [6.07, 6.45) is -7.80. The fourth-order valence-electron chi connectivity index (χ4n) is 3.69. The van der Waals surface area contributed by atoms with E-state index in [1.165, 1.54) is 12.5 Å². The highest BCUT2D eigenvalue weighted by molar-refractivity contribution is 5.86. The number of nitrogens with zero attached hydrogens (tertiary/aromatic N) is 2. The summed E-state index contributed by atoms with van der Waals surface area (Å²) in [6, 6.07) is 3.64. The zero-order valence-electron chi connectivity index (χ0n) is 16.2. The van der Waals surface area contributed by atoms with Crippen LogP contribution in [0.3, 0.4) is 0 Å². The van der Waals surface area contributed by atoms with Crippen LogP contribution in [0, 0.1) is 0 Å². The summed E-state index contributed by atoms with van der Waals surface area (Å²) in [5.41, 5.74) is -3.78. The maximum atomic E-state index is 13.3. The molecule has 1 atom stereocenters. The van der Waals surface area contributed by atoms with Crippen LogP contribution in [0.2, 0.25) is 0 Å². The Bertz CT molecular complexity index is 862. The Balaban J connectivity index is 1.84. The smallest absolute Gasteiger partial charge is 0.387 e. The maximum Gasteiger partial charge on any atom is 0.433 e. The number of hydrogen-bond acceptors (Lipinski definition) is 4. The van der Waals surface area contributed by atoms with E-state index < -0.39 is 35.2 Å². The SMILES string of the molecule is OC(CNCCN1CCCCC1)c1cc(C(F)(F)F)nc2c(C(F)(F)F)cccc12. The molecule has 1 aromatic heterocycles. The lowest BCUT2D eigenvalue weighted by atomic mass is 9.99. The minimum Gasteiger partial charge on any atom is -0.387 e. The van der Waals surface area contributed by atoms with Gasteiger partial charge in [0.2, 0.25) is 0 Å². The Hall–Kier alpha value is -1.91. The molecule has 10 heteroatoms. The molecule has 30 heavy (non-hydrogen) atoms. The van der Waals surface area contributed by atoms with E-state index in [1.807, 2.05) is 0 Å². The van der Waals surface area contributed by atoms with Crippen LogP contribution in [0.5, 0.6) is 0 Å². The molecule has 1 fully saturated rings. The van der Waals surface area contributed by atoms with Gasteiger partial charge in [0.15, 0.2) is 0 Å². The summed E-state index contributed by atoms with van der Waals surface area (Å²) in [6.45, 7) is 3.12. The number of hydrogen-bond donors (Lipinski definition) is 2. The quantitative estimate of drug-likeness (QED) is 0.522. The number of benzene rings is 1. The first-order chi connectivity index (χ1) is 14.1. The Morgan fingerprint density at radius 2 is 1.73 bits per heavy atom. The molecule has 0 radical (unpaired) electrons. The molecule has 3 rings (SSSR count). The number of aromatic nitrogens is 1. The van der Waals surface area contributed by atoms with Crippen LogP contribution in [-0.2, 0) is 12.4 Å². The average molecular weight is 435 g/mol. The largest absolute Gasteiger partial charge is 0.433 e. The van der Waals surface area contributed by atoms with Crippen LogP contribution in [0.25, 0.3) is 10.9 Å². The third-order valence-electron chi connectivity index (χ3n) is 5.22. The second-order valence-electron chi connectivity index (χ2n) is 7.42. The number of halogens is 6. The van der Waals surface area contributed by atoms with Gasteiger partial charge in [-0.3, -0.25) is 0 Å². The third kappa shape index (κ3) is 5.41. The molecule has 1 unspecified atom stereocenters. The van der Waals surface area contributed by atoms with Gasteiger partial charge in [0.05, 0.1) is 17.2 Å². The van der Waals surface area contributed by atoms with E-state index >= 15 is 0 Å². The first kappa shape index (κ1) is 22.8. The van der Waals surface area contributed by atoms with Crippen LogP contribution >= 0.6 is 0 Å². The molecule has 166 valence electrons. The van der Waals surface area contributed by atoms with Crippen LogP contribution in [0.4, 0.5) is 26.3 Å². The standard InChI is InChI=1S/C20H23F6N3O/c21-19(22,23)15-6-4-5-13-14(11-17(20(24,25)26)28-18(13)15)16(30)12-27-7-10-29-8-2-1-3-9-29/h4-6,11,16,27,30H,1-3,7-10,12H2. The molecule has 2 aromatic rings. The first-order valence-electron chi connectivity index (χ1n) is 9.76. The van der Waals surface area contributed by atoms with Gasteiger partial charge < -0.3 is 15.3 Å². The van der Waals surface area contributed by atoms with Gasteiger partial charge in [0.25, 0.3) is 0 Å². The molecule has 0 aliphatic carbocycles. The van der Waals surface area contributed by atoms with Crippen molar-refractivity contribution in [3.8, 4) is 0 Å². The number of piperidine rings is 1. The fourth-order valence-corrected chi connectivity index (χ4v) is 3.69. The van der Waals surface area contributed by atoms with Gasteiger partial charge in [-0.05, 0) is 43.6 Å². The highest BCUT2D eigenvalue weighted by atomic mass is 19.4. The van der Waals surface area contributed by atoms with Crippen molar-refractivity contribution in [2.45, 2.75) is 37.7 Å². The van der Waals surface area contributed by atoms with E-state index in [1.54, 1.807) is 0 Å². The number of rotatable bonds is 6. The van der Waals surface area contributed by atoms with Gasteiger partial charge in [-0.1, -0.05) is 18.6 Å². The number of likely N-dealkylation sites (tertiary alicyclic amines) is 1. The van der Waals surface area contributed by atoms with E-state index in [9.17, 15) is 31.4 Å². The van der Waals surface area contributed by atoms with Gasteiger partial charge >= 0.3 is 12.4 Å². The number of alkyl halides is 6. The van der Waals surface area contributed by atoms with Gasteiger partial charge in [-0.25, -0.2) is 4.98 Å². The Morgan fingerprint density at radius 3 is 2.37 bits per heavy atom. The molecule has 4 nitrogen and oxygen atoms in total. The normalized spacial score (nSPS) is 17.4. The minimum atomic E-state index is -4.94. The Kier molecular flexibility index (Phi) is 6.88. The predicted octanol–water partition coefficient (Wildman–Crippen LogP) is 4.38. The van der Waals surface area contributed by atoms with Crippen molar-refractivity contribution in [2.75, 3.05) is 32.7 Å². The van der Waals surface area contributed by atoms with E-state index in [-0.39, 0.29) is 17.5 Å². The lowest BCUT2D eigenvalue weighted by molar-refractivity contribution is -0.142. The Morgan fingerprint density at radius 1 is 1.03 bits per heavy atom. The van der Waals surface area contributed by atoms with E-state index in [0.29, 0.717) is 18.7 Å². The van der Waals surface area contributed by atoms with Crippen molar-refractivity contribution >= 4 is 10.9 Å². The minimum absolute atomic E-state index is 0.0828. The molecule has 0 bridgehead atoms. The zero-order chi connectivity index (χ0) is 21.9. The molecule has 2 N–H and O–H groups in total. The monoisotopic (exact) mass is 435 g/mol. The fraction of sp³-hybridized carbons (Fsp3) is 0.550. The number of nitrogens with one attached hydrogen (secondary N) is 1. The van der Waals surface area contributed by atoms with Gasteiger partial charge in [0, 0.05) is 25.0 Å². The molecule has 0 amide bonds. The molecule has 1 aromatic carbocycles. The average Bonchev–Trinajstić information content (AvgIpc) is 2.69. The molecule has 0 saturated carbocycles. The summed E-state index contributed by atoms with van der Waals surface area (Å²) in [4.78, 5) is 5.48. The van der Waals surface area contributed by atoms with Crippen LogP contribution in [0.1, 0.15) is 42.2 Å². The molecule has 1 aliphatic heterocycles. The molecule has 0 spiro atoms. The topological polar surface area (TPSA) is 48.4 Å². The number of aliphatic hydroxyl groups excluding tert-OH is 1. The highest BCUT2D eigenvalue weighted by Crippen LogP contribution is 2.38. The summed E-state index contributed by atoms with van der Waals surface area (Å²) in [5.74, 6) is 0. The van der Waals surface area contributed by atoms with E-state index in [4.69, 9.17) is 0 Å². The number of para-hydroxylation sites is 1. The summed E-state index contributed by atoms with van der Waals surface area (Å²) in [5, 5.41) is 13.3. The highest BCUT2D eigenvalue weighted by Gasteiger charge is 2.37. The first-order valence-corrected chi connectivity index (χ1v) is 9.76. The third-order valence-corrected chi connectivity index (χ3v) is 5.22. The molecule has 1 aliphatic rings. The van der Waals surface area contributed by atoms with Crippen LogP contribution in [-0.4, -0.2) is 47.7 Å². The van der Waals surface area contributed by atoms with Crippen LogP contribution in [0.15, 0.2) is 24.3 Å². The lowest BCUT2D eigenvalue weighted by Gasteiger charge is -2.26. The van der Waals surface area contributed by atoms with Crippen molar-refractivity contribution < 1.29 is 31.4 Å². The van der Waals surface area contributed by atoms with Crippen LogP contribution < -0.4 is 5.32 Å². The van der Waals surface area contributed by atoms with Gasteiger partial charge in [-0.2, -0.15) is 26.3 Å².